The fraction of sp³-hybridized carbons (Fsp3) is 0.769. The normalized spacial score (nSPS) is 24.6. The molecule has 0 bridgehead atoms. The Morgan fingerprint density at radius 3 is 2.00 bits per heavy atom. The van der Waals surface area contributed by atoms with E-state index in [0.29, 0.717) is 5.92 Å². The number of hydrogen-bond acceptors (Lipinski definition) is 1. The van der Waals surface area contributed by atoms with Crippen LogP contribution in [0, 0.1) is 5.92 Å². The first-order valence-corrected chi connectivity index (χ1v) is 5.00. The van der Waals surface area contributed by atoms with Gasteiger partial charge in [0, 0.05) is 11.1 Å². The van der Waals surface area contributed by atoms with E-state index >= 15 is 0 Å². The van der Waals surface area contributed by atoms with Gasteiger partial charge in [-0.15, -0.1) is 5.73 Å². The van der Waals surface area contributed by atoms with Crippen molar-refractivity contribution in [2.24, 2.45) is 5.92 Å². The van der Waals surface area contributed by atoms with Gasteiger partial charge in [0.25, 0.3) is 0 Å². The maximum atomic E-state index is 3.65. The molecule has 82 valence electrons. The lowest BCUT2D eigenvalue weighted by Gasteiger charge is -2.45. The van der Waals surface area contributed by atoms with E-state index in [1.807, 2.05) is 0 Å². The van der Waals surface area contributed by atoms with E-state index in [-0.39, 0.29) is 18.5 Å². The molecule has 0 spiro atoms. The molecule has 1 fully saturated rings. The summed E-state index contributed by atoms with van der Waals surface area (Å²) in [5, 5.41) is 3.65. The van der Waals surface area contributed by atoms with Gasteiger partial charge >= 0.3 is 0 Å². The third-order valence-electron chi connectivity index (χ3n) is 2.58. The van der Waals surface area contributed by atoms with Crippen molar-refractivity contribution in [3.05, 3.63) is 18.4 Å². The van der Waals surface area contributed by atoms with E-state index in [2.05, 4.69) is 51.4 Å². The first-order valence-electron chi connectivity index (χ1n) is 5.00. The van der Waals surface area contributed by atoms with E-state index in [1.165, 1.54) is 12.8 Å². The van der Waals surface area contributed by atoms with Gasteiger partial charge in [-0.1, -0.05) is 14.0 Å². The summed E-state index contributed by atoms with van der Waals surface area (Å²) >= 11 is 0. The van der Waals surface area contributed by atoms with Crippen molar-refractivity contribution in [3.8, 4) is 0 Å². The lowest BCUT2D eigenvalue weighted by Crippen LogP contribution is -2.57. The van der Waals surface area contributed by atoms with Crippen LogP contribution in [0.1, 0.15) is 48.0 Å². The lowest BCUT2D eigenvalue weighted by atomic mass is 9.76. The quantitative estimate of drug-likeness (QED) is 0.631. The van der Waals surface area contributed by atoms with Crippen molar-refractivity contribution in [3.63, 3.8) is 0 Å². The van der Waals surface area contributed by atoms with Crippen LogP contribution >= 0.6 is 0 Å². The van der Waals surface area contributed by atoms with Crippen LogP contribution in [-0.2, 0) is 0 Å². The zero-order valence-electron chi connectivity index (χ0n) is 9.28. The molecule has 1 aliphatic heterocycles. The van der Waals surface area contributed by atoms with Crippen molar-refractivity contribution in [1.82, 2.24) is 5.32 Å². The molecule has 1 rings (SSSR count). The molecule has 0 unspecified atom stereocenters. The minimum atomic E-state index is 0. The summed E-state index contributed by atoms with van der Waals surface area (Å²) in [4.78, 5) is 0. The highest BCUT2D eigenvalue weighted by atomic mass is 15.0. The fourth-order valence-electron chi connectivity index (χ4n) is 2.69. The van der Waals surface area contributed by atoms with Gasteiger partial charge in [0.05, 0.1) is 0 Å². The molecule has 0 radical (unpaired) electrons. The molecule has 0 aromatic carbocycles. The Bertz CT molecular complexity index is 216. The van der Waals surface area contributed by atoms with Crippen molar-refractivity contribution < 1.29 is 0 Å². The lowest BCUT2D eigenvalue weighted by molar-refractivity contribution is 0.150. The van der Waals surface area contributed by atoms with Crippen LogP contribution in [0.5, 0.6) is 0 Å². The number of piperidine rings is 1. The molecule has 14 heavy (non-hydrogen) atoms. The van der Waals surface area contributed by atoms with Gasteiger partial charge < -0.3 is 5.32 Å². The van der Waals surface area contributed by atoms with E-state index in [9.17, 15) is 0 Å². The van der Waals surface area contributed by atoms with Gasteiger partial charge in [0.1, 0.15) is 0 Å². The highest BCUT2D eigenvalue weighted by Gasteiger charge is 2.36. The van der Waals surface area contributed by atoms with Crippen molar-refractivity contribution in [2.75, 3.05) is 0 Å². The Morgan fingerprint density at radius 2 is 1.64 bits per heavy atom. The summed E-state index contributed by atoms with van der Waals surface area (Å²) in [7, 11) is 0. The molecular weight excluding hydrogens is 170 g/mol. The number of rotatable bonds is 1. The van der Waals surface area contributed by atoms with Crippen molar-refractivity contribution in [1.29, 1.82) is 0 Å². The summed E-state index contributed by atoms with van der Waals surface area (Å²) < 4.78 is 0. The monoisotopic (exact) mass is 195 g/mol. The summed E-state index contributed by atoms with van der Waals surface area (Å²) in [5.74, 6) is 0.628. The highest BCUT2D eigenvalue weighted by Crippen LogP contribution is 2.33. The molecule has 0 aromatic rings. The SMILES string of the molecule is C.C=C=CC1CC(C)(C)NC(C)(C)C1. The van der Waals surface area contributed by atoms with Crippen LogP contribution < -0.4 is 5.32 Å². The van der Waals surface area contributed by atoms with Crippen LogP contribution in [-0.4, -0.2) is 11.1 Å². The number of allylic oxidation sites excluding steroid dienone is 1. The van der Waals surface area contributed by atoms with Gasteiger partial charge in [-0.05, 0) is 52.5 Å². The summed E-state index contributed by atoms with van der Waals surface area (Å²) in [6.45, 7) is 12.7. The zero-order chi connectivity index (χ0) is 10.1. The van der Waals surface area contributed by atoms with Gasteiger partial charge in [0.2, 0.25) is 0 Å². The maximum Gasteiger partial charge on any atom is 0.0135 e. The van der Waals surface area contributed by atoms with E-state index < -0.39 is 0 Å². The van der Waals surface area contributed by atoms with E-state index in [0.717, 1.165) is 0 Å². The maximum absolute atomic E-state index is 3.65. The molecular formula is C13H25N. The molecule has 1 aliphatic rings. The average Bonchev–Trinajstić information content (AvgIpc) is 1.78. The molecule has 1 heteroatoms. The summed E-state index contributed by atoms with van der Waals surface area (Å²) in [6.07, 6.45) is 4.47. The number of nitrogens with one attached hydrogen (secondary N) is 1. The Labute approximate surface area is 89.3 Å². The predicted octanol–water partition coefficient (Wildman–Crippen LogP) is 3.52. The van der Waals surface area contributed by atoms with Gasteiger partial charge in [-0.3, -0.25) is 0 Å². The molecule has 0 aromatic heterocycles. The van der Waals surface area contributed by atoms with Gasteiger partial charge in [-0.2, -0.15) is 0 Å². The molecule has 1 nitrogen and oxygen atoms in total. The third kappa shape index (κ3) is 3.69. The first kappa shape index (κ1) is 13.5. The second-order valence-corrected chi connectivity index (χ2v) is 5.43. The second-order valence-electron chi connectivity index (χ2n) is 5.43. The predicted molar refractivity (Wildman–Crippen MR) is 64.5 cm³/mol. The number of hydrogen-bond donors (Lipinski definition) is 1. The van der Waals surface area contributed by atoms with Crippen LogP contribution in [0.2, 0.25) is 0 Å². The van der Waals surface area contributed by atoms with Crippen molar-refractivity contribution in [2.45, 2.75) is 59.0 Å². The van der Waals surface area contributed by atoms with Crippen LogP contribution in [0.4, 0.5) is 0 Å². The van der Waals surface area contributed by atoms with E-state index in [4.69, 9.17) is 0 Å². The Balaban J connectivity index is 0.00000169. The van der Waals surface area contributed by atoms with Crippen LogP contribution in [0.15, 0.2) is 18.4 Å². The second kappa shape index (κ2) is 4.33. The smallest absolute Gasteiger partial charge is 0.0135 e. The Hall–Kier alpha value is -0.520. The average molecular weight is 195 g/mol. The first-order chi connectivity index (χ1) is 5.85. The largest absolute Gasteiger partial charge is 0.307 e. The summed E-state index contributed by atoms with van der Waals surface area (Å²) in [6, 6.07) is 0. The fourth-order valence-corrected chi connectivity index (χ4v) is 2.69. The van der Waals surface area contributed by atoms with Crippen LogP contribution in [0.25, 0.3) is 0 Å². The minimum absolute atomic E-state index is 0. The van der Waals surface area contributed by atoms with Gasteiger partial charge in [0.15, 0.2) is 0 Å². The Kier molecular flexibility index (Phi) is 4.17. The van der Waals surface area contributed by atoms with E-state index in [1.54, 1.807) is 0 Å². The zero-order valence-corrected chi connectivity index (χ0v) is 9.28. The molecule has 1 saturated heterocycles. The molecule has 0 atom stereocenters. The van der Waals surface area contributed by atoms with Crippen molar-refractivity contribution >= 4 is 0 Å². The Morgan fingerprint density at radius 1 is 1.21 bits per heavy atom. The minimum Gasteiger partial charge on any atom is -0.307 e. The standard InChI is InChI=1S/C12H21N.CH4/c1-6-7-10-8-11(2,3)13-12(4,5)9-10;/h7,10,13H,1,8-9H2,2-5H3;1H4. The molecule has 0 amide bonds. The van der Waals surface area contributed by atoms with Crippen LogP contribution in [0.3, 0.4) is 0 Å². The molecule has 0 saturated carbocycles. The van der Waals surface area contributed by atoms with Gasteiger partial charge in [-0.25, -0.2) is 0 Å². The summed E-state index contributed by atoms with van der Waals surface area (Å²) in [5.41, 5.74) is 3.38. The molecule has 0 aliphatic carbocycles. The third-order valence-corrected chi connectivity index (χ3v) is 2.58. The highest BCUT2D eigenvalue weighted by molar-refractivity contribution is 5.02. The molecule has 1 N–H and O–H groups in total. The molecule has 1 heterocycles. The topological polar surface area (TPSA) is 12.0 Å².